The molecule has 0 unspecified atom stereocenters. The highest BCUT2D eigenvalue weighted by molar-refractivity contribution is 5.80. The van der Waals surface area contributed by atoms with Crippen LogP contribution in [0.3, 0.4) is 0 Å². The number of fused-ring (bicyclic) bond motifs is 1. The molecule has 2 N–H and O–H groups in total. The summed E-state index contributed by atoms with van der Waals surface area (Å²) in [5.74, 6) is 1.31. The Kier molecular flexibility index (Phi) is 5.32. The standard InChI is InChI=1S/C15H24N4O/c1-11(2)8-16-14(20)9-17-15-12-6-4-3-5-7-13(12)18-10-19-15/h10-11H,3-9H2,1-2H3,(H,16,20)(H,17,18,19). The second-order valence-electron chi connectivity index (χ2n) is 5.76. The number of hydrogen-bond donors (Lipinski definition) is 2. The van der Waals surface area contributed by atoms with E-state index in [-0.39, 0.29) is 12.5 Å². The zero-order valence-electron chi connectivity index (χ0n) is 12.4. The van der Waals surface area contributed by atoms with Crippen LogP contribution in [0.5, 0.6) is 0 Å². The molecule has 0 saturated carbocycles. The normalized spacial score (nSPS) is 14.6. The number of amides is 1. The number of aryl methyl sites for hydroxylation is 1. The van der Waals surface area contributed by atoms with Crippen LogP contribution in [0.1, 0.15) is 44.4 Å². The summed E-state index contributed by atoms with van der Waals surface area (Å²) in [5.41, 5.74) is 2.34. The largest absolute Gasteiger partial charge is 0.361 e. The van der Waals surface area contributed by atoms with Gasteiger partial charge in [0.05, 0.1) is 6.54 Å². The van der Waals surface area contributed by atoms with E-state index in [0.29, 0.717) is 12.5 Å². The molecule has 0 bridgehead atoms. The van der Waals surface area contributed by atoms with Crippen LogP contribution < -0.4 is 10.6 Å². The number of nitrogens with zero attached hydrogens (tertiary/aromatic N) is 2. The maximum atomic E-state index is 11.7. The Morgan fingerprint density at radius 2 is 2.05 bits per heavy atom. The quantitative estimate of drug-likeness (QED) is 0.806. The lowest BCUT2D eigenvalue weighted by atomic mass is 10.1. The molecule has 110 valence electrons. The van der Waals surface area contributed by atoms with E-state index in [4.69, 9.17) is 0 Å². The first-order chi connectivity index (χ1) is 9.66. The third kappa shape index (κ3) is 4.18. The third-order valence-corrected chi connectivity index (χ3v) is 3.50. The lowest BCUT2D eigenvalue weighted by Gasteiger charge is -2.13. The lowest BCUT2D eigenvalue weighted by molar-refractivity contribution is -0.119. The van der Waals surface area contributed by atoms with Crippen LogP contribution in [0.4, 0.5) is 5.82 Å². The zero-order chi connectivity index (χ0) is 14.4. The molecule has 0 atom stereocenters. The maximum Gasteiger partial charge on any atom is 0.239 e. The van der Waals surface area contributed by atoms with E-state index >= 15 is 0 Å². The van der Waals surface area contributed by atoms with E-state index in [2.05, 4.69) is 34.4 Å². The van der Waals surface area contributed by atoms with Crippen molar-refractivity contribution in [2.24, 2.45) is 5.92 Å². The van der Waals surface area contributed by atoms with Crippen molar-refractivity contribution in [3.05, 3.63) is 17.6 Å². The zero-order valence-corrected chi connectivity index (χ0v) is 12.4. The van der Waals surface area contributed by atoms with Gasteiger partial charge in [0, 0.05) is 17.8 Å². The summed E-state index contributed by atoms with van der Waals surface area (Å²) in [6, 6.07) is 0. The topological polar surface area (TPSA) is 66.9 Å². The molecule has 1 aliphatic carbocycles. The molecule has 0 radical (unpaired) electrons. The van der Waals surface area contributed by atoms with E-state index in [1.54, 1.807) is 6.33 Å². The molecule has 5 heteroatoms. The first-order valence-corrected chi connectivity index (χ1v) is 7.50. The molecule has 1 heterocycles. The monoisotopic (exact) mass is 276 g/mol. The van der Waals surface area contributed by atoms with Crippen molar-refractivity contribution in [3.63, 3.8) is 0 Å². The van der Waals surface area contributed by atoms with Crippen LogP contribution in [-0.2, 0) is 17.6 Å². The minimum atomic E-state index is 0.0136. The highest BCUT2D eigenvalue weighted by Crippen LogP contribution is 2.23. The number of anilines is 1. The Morgan fingerprint density at radius 1 is 1.25 bits per heavy atom. The molecular weight excluding hydrogens is 252 g/mol. The van der Waals surface area contributed by atoms with E-state index in [0.717, 1.165) is 24.4 Å². The summed E-state index contributed by atoms with van der Waals surface area (Å²) >= 11 is 0. The summed E-state index contributed by atoms with van der Waals surface area (Å²) in [6.07, 6.45) is 7.23. The van der Waals surface area contributed by atoms with Crippen LogP contribution in [0.15, 0.2) is 6.33 Å². The van der Waals surface area contributed by atoms with Gasteiger partial charge in [-0.2, -0.15) is 0 Å². The fourth-order valence-corrected chi connectivity index (χ4v) is 2.39. The summed E-state index contributed by atoms with van der Waals surface area (Å²) in [4.78, 5) is 20.4. The molecule has 0 aromatic carbocycles. The SMILES string of the molecule is CC(C)CNC(=O)CNc1ncnc2c1CCCCC2. The van der Waals surface area contributed by atoms with Crippen molar-refractivity contribution in [2.75, 3.05) is 18.4 Å². The Hall–Kier alpha value is -1.65. The number of nitrogens with one attached hydrogen (secondary N) is 2. The first-order valence-electron chi connectivity index (χ1n) is 7.50. The first kappa shape index (κ1) is 14.8. The van der Waals surface area contributed by atoms with Gasteiger partial charge in [-0.05, 0) is 31.6 Å². The number of hydrogen-bond acceptors (Lipinski definition) is 4. The summed E-state index contributed by atoms with van der Waals surface area (Å²) in [7, 11) is 0. The lowest BCUT2D eigenvalue weighted by Crippen LogP contribution is -2.32. The molecular formula is C15H24N4O. The van der Waals surface area contributed by atoms with Crippen LogP contribution in [0.25, 0.3) is 0 Å². The molecule has 1 aromatic rings. The minimum absolute atomic E-state index is 0.0136. The summed E-state index contributed by atoms with van der Waals surface area (Å²) < 4.78 is 0. The predicted octanol–water partition coefficient (Wildman–Crippen LogP) is 1.93. The van der Waals surface area contributed by atoms with Gasteiger partial charge in [-0.25, -0.2) is 9.97 Å². The van der Waals surface area contributed by atoms with Gasteiger partial charge in [0.2, 0.25) is 5.91 Å². The van der Waals surface area contributed by atoms with Gasteiger partial charge in [0.1, 0.15) is 12.1 Å². The number of carbonyl (C=O) groups is 1. The van der Waals surface area contributed by atoms with E-state index in [9.17, 15) is 4.79 Å². The van der Waals surface area contributed by atoms with Gasteiger partial charge in [-0.1, -0.05) is 20.3 Å². The average molecular weight is 276 g/mol. The van der Waals surface area contributed by atoms with Crippen LogP contribution in [-0.4, -0.2) is 29.0 Å². The van der Waals surface area contributed by atoms with Gasteiger partial charge in [0.15, 0.2) is 0 Å². The summed E-state index contributed by atoms with van der Waals surface area (Å²) in [5, 5.41) is 6.06. The van der Waals surface area contributed by atoms with E-state index < -0.39 is 0 Å². The van der Waals surface area contributed by atoms with Gasteiger partial charge in [0.25, 0.3) is 0 Å². The van der Waals surface area contributed by atoms with Gasteiger partial charge < -0.3 is 10.6 Å². The average Bonchev–Trinajstić information content (AvgIpc) is 2.68. The molecule has 0 aliphatic heterocycles. The number of rotatable bonds is 5. The van der Waals surface area contributed by atoms with Crippen molar-refractivity contribution in [1.29, 1.82) is 0 Å². The second-order valence-corrected chi connectivity index (χ2v) is 5.76. The number of aromatic nitrogens is 2. The van der Waals surface area contributed by atoms with Crippen LogP contribution in [0.2, 0.25) is 0 Å². The van der Waals surface area contributed by atoms with Gasteiger partial charge >= 0.3 is 0 Å². The highest BCUT2D eigenvalue weighted by atomic mass is 16.1. The molecule has 0 spiro atoms. The van der Waals surface area contributed by atoms with Gasteiger partial charge in [-0.15, -0.1) is 0 Å². The Labute approximate surface area is 120 Å². The molecule has 0 saturated heterocycles. The molecule has 1 aromatic heterocycles. The van der Waals surface area contributed by atoms with Crippen molar-refractivity contribution in [1.82, 2.24) is 15.3 Å². The fraction of sp³-hybridized carbons (Fsp3) is 0.667. The van der Waals surface area contributed by atoms with Gasteiger partial charge in [-0.3, -0.25) is 4.79 Å². The molecule has 5 nitrogen and oxygen atoms in total. The smallest absolute Gasteiger partial charge is 0.239 e. The molecule has 0 fully saturated rings. The van der Waals surface area contributed by atoms with E-state index in [1.165, 1.54) is 24.8 Å². The van der Waals surface area contributed by atoms with Crippen molar-refractivity contribution in [3.8, 4) is 0 Å². The van der Waals surface area contributed by atoms with Crippen molar-refractivity contribution >= 4 is 11.7 Å². The molecule has 1 amide bonds. The Morgan fingerprint density at radius 3 is 2.85 bits per heavy atom. The summed E-state index contributed by atoms with van der Waals surface area (Å²) in [6.45, 7) is 5.15. The second kappa shape index (κ2) is 7.22. The maximum absolute atomic E-state index is 11.7. The highest BCUT2D eigenvalue weighted by Gasteiger charge is 2.14. The molecule has 20 heavy (non-hydrogen) atoms. The predicted molar refractivity (Wildman–Crippen MR) is 79.6 cm³/mol. The Bertz CT molecular complexity index is 459. The molecule has 1 aliphatic rings. The Balaban J connectivity index is 1.94. The van der Waals surface area contributed by atoms with Crippen molar-refractivity contribution < 1.29 is 4.79 Å². The fourth-order valence-electron chi connectivity index (χ4n) is 2.39. The van der Waals surface area contributed by atoms with E-state index in [1.807, 2.05) is 0 Å². The van der Waals surface area contributed by atoms with Crippen molar-refractivity contribution in [2.45, 2.75) is 46.0 Å². The minimum Gasteiger partial charge on any atom is -0.361 e. The number of carbonyl (C=O) groups excluding carboxylic acids is 1. The molecule has 2 rings (SSSR count). The van der Waals surface area contributed by atoms with Crippen LogP contribution in [0, 0.1) is 5.92 Å². The third-order valence-electron chi connectivity index (χ3n) is 3.50. The van der Waals surface area contributed by atoms with Crippen LogP contribution >= 0.6 is 0 Å².